The summed E-state index contributed by atoms with van der Waals surface area (Å²) in [5, 5.41) is 22.9. The van der Waals surface area contributed by atoms with Crippen molar-refractivity contribution in [1.82, 2.24) is 44.8 Å². The van der Waals surface area contributed by atoms with Gasteiger partial charge in [-0.1, -0.05) is 82.8 Å². The Balaban J connectivity index is 0.000000154. The number of piperidine rings is 2. The molecule has 15 rings (SSSR count). The van der Waals surface area contributed by atoms with Gasteiger partial charge in [0.05, 0.1) is 43.6 Å². The first kappa shape index (κ1) is 50.2. The molecule has 3 saturated heterocycles. The number of H-pyrrole nitrogens is 1. The van der Waals surface area contributed by atoms with Gasteiger partial charge in [0.1, 0.15) is 34.1 Å². The van der Waals surface area contributed by atoms with Gasteiger partial charge >= 0.3 is 0 Å². The van der Waals surface area contributed by atoms with Crippen molar-refractivity contribution in [3.63, 3.8) is 0 Å². The van der Waals surface area contributed by atoms with Gasteiger partial charge in [-0.25, -0.2) is 24.6 Å². The van der Waals surface area contributed by atoms with Gasteiger partial charge in [-0.3, -0.25) is 19.6 Å². The lowest BCUT2D eigenvalue weighted by molar-refractivity contribution is -0.0368. The van der Waals surface area contributed by atoms with Crippen LogP contribution in [-0.4, -0.2) is 103 Å². The molecule has 0 radical (unpaired) electrons. The highest BCUT2D eigenvalue weighted by Gasteiger charge is 2.68. The first-order valence-corrected chi connectivity index (χ1v) is 29.7. The van der Waals surface area contributed by atoms with E-state index in [1.165, 1.54) is 16.0 Å². The molecule has 78 heavy (non-hydrogen) atoms. The van der Waals surface area contributed by atoms with Crippen LogP contribution in [0, 0.1) is 23.7 Å². The Morgan fingerprint density at radius 2 is 1.26 bits per heavy atom. The van der Waals surface area contributed by atoms with Gasteiger partial charge in [0, 0.05) is 67.8 Å². The van der Waals surface area contributed by atoms with Crippen molar-refractivity contribution in [2.75, 3.05) is 55.7 Å². The molecule has 9 aromatic rings. The SMILES string of the molecule is NCC1(c2ccsc2)C2CCN(c3cnc4c(-c5cccc(Cl)c5Cl)n[nH]c4n3)CC21.O=C1c2ccccc2C(=O)N1CC1(c2ccsc2)C2CCN(c3cnc4c(-c5cccc(Cl)c5Cl)nn(C5CCCCO5)c4n3)CC21. The number of aromatic amines is 1. The van der Waals surface area contributed by atoms with Crippen LogP contribution in [-0.2, 0) is 15.6 Å². The lowest BCUT2D eigenvalue weighted by atomic mass is 9.92. The van der Waals surface area contributed by atoms with E-state index in [2.05, 4.69) is 58.6 Å². The van der Waals surface area contributed by atoms with Crippen LogP contribution in [0.4, 0.5) is 11.6 Å². The standard InChI is InChI=1S/C35H30Cl2N6O3S.C22H20Cl2N6S/c36-26-9-5-8-23(29(26)37)30-31-32(43(40-30)28-10-3-4-14-46-28)39-27(16-38-31)41-13-11-24-25(17-41)35(24,20-12-15-47-18-20)19-42-33(44)21-6-1-2-7-22(21)34(42)45;23-16-3-1-2-13(18(16)24)19-20-21(29-28-19)27-17(8-26-20)30-6-4-14-15(9-30)22(14,11-25)12-5-7-31-10-12/h1-2,5-9,12,15-16,18,24-25,28H,3-4,10-11,13-14,17,19H2;1-3,5,7-8,10,14-15H,4,6,9,11,25H2,(H,27,28,29). The quantitative estimate of drug-likeness (QED) is 0.124. The monoisotopic (exact) mass is 1150 g/mol. The molecule has 10 heterocycles. The smallest absolute Gasteiger partial charge is 0.261 e. The summed E-state index contributed by atoms with van der Waals surface area (Å²) < 4.78 is 8.02. The Bertz CT molecular complexity index is 3780. The summed E-state index contributed by atoms with van der Waals surface area (Å²) in [6.45, 7) is 5.16. The van der Waals surface area contributed by atoms with Crippen molar-refractivity contribution in [3.8, 4) is 22.5 Å². The molecule has 2 saturated carbocycles. The average Bonchev–Trinajstić information content (AvgIpc) is 3.77. The zero-order valence-electron chi connectivity index (χ0n) is 41.9. The van der Waals surface area contributed by atoms with Gasteiger partial charge in [0.15, 0.2) is 17.5 Å². The number of fused-ring (bicyclic) bond motifs is 5. The molecule has 3 N–H and O–H groups in total. The molecule has 4 aliphatic heterocycles. The number of carbonyl (C=O) groups is 2. The van der Waals surface area contributed by atoms with E-state index in [4.69, 9.17) is 76.9 Å². The summed E-state index contributed by atoms with van der Waals surface area (Å²) in [4.78, 5) is 52.6. The van der Waals surface area contributed by atoms with E-state index in [-0.39, 0.29) is 34.8 Å². The van der Waals surface area contributed by atoms with Crippen molar-refractivity contribution in [2.45, 2.75) is 49.2 Å². The first-order chi connectivity index (χ1) is 38.1. The molecule has 15 nitrogen and oxygen atoms in total. The van der Waals surface area contributed by atoms with E-state index in [0.717, 1.165) is 75.5 Å². The Morgan fingerprint density at radius 1 is 0.667 bits per heavy atom. The molecule has 0 spiro atoms. The molecule has 396 valence electrons. The molecular weight excluding hydrogens is 1110 g/mol. The minimum atomic E-state index is -0.298. The summed E-state index contributed by atoms with van der Waals surface area (Å²) in [7, 11) is 0. The largest absolute Gasteiger partial charge is 0.356 e. The average molecular weight is 1160 g/mol. The Hall–Kier alpha value is -6.02. The van der Waals surface area contributed by atoms with Crippen molar-refractivity contribution in [1.29, 1.82) is 0 Å². The number of nitrogens with one attached hydrogen (secondary N) is 1. The fourth-order valence-electron chi connectivity index (χ4n) is 13.5. The van der Waals surface area contributed by atoms with E-state index < -0.39 is 0 Å². The highest BCUT2D eigenvalue weighted by atomic mass is 35.5. The maximum atomic E-state index is 13.4. The number of rotatable bonds is 10. The van der Waals surface area contributed by atoms with E-state index in [1.54, 1.807) is 46.9 Å². The molecule has 21 heteroatoms. The summed E-state index contributed by atoms with van der Waals surface area (Å²) in [5.74, 6) is 3.04. The number of amides is 2. The van der Waals surface area contributed by atoms with Gasteiger partial charge in [-0.2, -0.15) is 32.9 Å². The number of anilines is 2. The molecule has 2 amide bonds. The van der Waals surface area contributed by atoms with Gasteiger partial charge in [-0.05, 0) is 125 Å². The van der Waals surface area contributed by atoms with Gasteiger partial charge in [0.2, 0.25) is 0 Å². The maximum absolute atomic E-state index is 13.4. The third-order valence-corrected chi connectivity index (χ3v) is 20.5. The van der Waals surface area contributed by atoms with E-state index in [0.29, 0.717) is 108 Å². The minimum absolute atomic E-state index is 0.122. The second kappa shape index (κ2) is 19.7. The Labute approximate surface area is 476 Å². The number of hydrogen-bond acceptors (Lipinski definition) is 14. The fourth-order valence-corrected chi connectivity index (χ4v) is 15.8. The van der Waals surface area contributed by atoms with Gasteiger partial charge in [-0.15, -0.1) is 0 Å². The van der Waals surface area contributed by atoms with Crippen LogP contribution in [0.15, 0.2) is 107 Å². The van der Waals surface area contributed by atoms with E-state index in [9.17, 15) is 9.59 Å². The lowest BCUT2D eigenvalue weighted by Crippen LogP contribution is -2.39. The molecule has 3 aromatic carbocycles. The number of aromatic nitrogens is 8. The highest BCUT2D eigenvalue weighted by molar-refractivity contribution is 7.08. The van der Waals surface area contributed by atoms with Crippen LogP contribution in [0.5, 0.6) is 0 Å². The van der Waals surface area contributed by atoms with Crippen LogP contribution in [0.3, 0.4) is 0 Å². The fraction of sp³-hybridized carbons (Fsp3) is 0.333. The molecular formula is C57H50Cl4N12O3S2. The van der Waals surface area contributed by atoms with Gasteiger partial charge in [0.25, 0.3) is 11.8 Å². The number of nitrogens with zero attached hydrogens (tertiary/aromatic N) is 10. The van der Waals surface area contributed by atoms with Crippen LogP contribution < -0.4 is 15.5 Å². The van der Waals surface area contributed by atoms with Crippen molar-refractivity contribution in [3.05, 3.63) is 149 Å². The number of imide groups is 1. The number of carbonyl (C=O) groups excluding carboxylic acids is 2. The highest BCUT2D eigenvalue weighted by Crippen LogP contribution is 2.65. The Morgan fingerprint density at radius 3 is 1.87 bits per heavy atom. The molecule has 5 fully saturated rings. The normalized spacial score (nSPS) is 25.2. The zero-order valence-corrected chi connectivity index (χ0v) is 46.5. The number of halogens is 4. The predicted octanol–water partition coefficient (Wildman–Crippen LogP) is 12.0. The first-order valence-electron chi connectivity index (χ1n) is 26.3. The van der Waals surface area contributed by atoms with Crippen LogP contribution in [0.1, 0.15) is 70.2 Å². The molecule has 0 bridgehead atoms. The molecule has 7 atom stereocenters. The second-order valence-corrected chi connectivity index (χ2v) is 24.3. The number of benzene rings is 3. The zero-order chi connectivity index (χ0) is 53.0. The summed E-state index contributed by atoms with van der Waals surface area (Å²) in [6.07, 6.45) is 8.32. The summed E-state index contributed by atoms with van der Waals surface area (Å²) >= 11 is 29.0. The van der Waals surface area contributed by atoms with Crippen LogP contribution in [0.25, 0.3) is 44.8 Å². The molecule has 6 aliphatic rings. The van der Waals surface area contributed by atoms with E-state index in [1.807, 2.05) is 53.5 Å². The minimum Gasteiger partial charge on any atom is -0.356 e. The van der Waals surface area contributed by atoms with Crippen LogP contribution in [0.2, 0.25) is 20.1 Å². The number of thiophene rings is 2. The van der Waals surface area contributed by atoms with Crippen molar-refractivity contribution < 1.29 is 14.3 Å². The van der Waals surface area contributed by atoms with Crippen molar-refractivity contribution in [2.24, 2.45) is 29.4 Å². The summed E-state index contributed by atoms with van der Waals surface area (Å²) in [5.41, 5.74) is 15.0. The number of hydrogen-bond donors (Lipinski definition) is 2. The molecule has 6 aromatic heterocycles. The third-order valence-electron chi connectivity index (χ3n) is 17.5. The Kier molecular flexibility index (Phi) is 12.7. The van der Waals surface area contributed by atoms with Gasteiger partial charge < -0.3 is 20.3 Å². The third kappa shape index (κ3) is 8.00. The molecule has 7 unspecified atom stereocenters. The predicted molar refractivity (Wildman–Crippen MR) is 307 cm³/mol. The van der Waals surface area contributed by atoms with Crippen molar-refractivity contribution >= 4 is 115 Å². The number of ether oxygens (including phenoxy) is 1. The lowest BCUT2D eigenvalue weighted by Gasteiger charge is -2.27. The van der Waals surface area contributed by atoms with Crippen LogP contribution >= 0.6 is 69.1 Å². The topological polar surface area (TPSA) is 177 Å². The number of nitrogens with two attached hydrogens (primary N) is 1. The maximum Gasteiger partial charge on any atom is 0.261 e. The summed E-state index contributed by atoms with van der Waals surface area (Å²) in [6, 6.07) is 22.5. The van der Waals surface area contributed by atoms with E-state index >= 15 is 0 Å². The molecule has 2 aliphatic carbocycles. The second-order valence-electron chi connectivity index (χ2n) is 21.2.